The molecule has 0 amide bonds. The summed E-state index contributed by atoms with van der Waals surface area (Å²) in [5, 5.41) is 4.47. The minimum Gasteiger partial charge on any atom is -0.472 e. The van der Waals surface area contributed by atoms with E-state index in [0.29, 0.717) is 19.1 Å². The first-order chi connectivity index (χ1) is 12.4. The quantitative estimate of drug-likeness (QED) is 0.692. The minimum absolute atomic E-state index is 0.393. The number of hydrogen-bond acceptors (Lipinski definition) is 5. The van der Waals surface area contributed by atoms with Crippen LogP contribution in [0.3, 0.4) is 0 Å². The van der Waals surface area contributed by atoms with Crippen molar-refractivity contribution in [2.75, 3.05) is 13.2 Å². The number of hydrogen-bond donors (Lipinski definition) is 0. The molecule has 0 spiro atoms. The van der Waals surface area contributed by atoms with Gasteiger partial charge in [-0.05, 0) is 23.8 Å². The molecule has 0 radical (unpaired) electrons. The number of rotatable bonds is 6. The van der Waals surface area contributed by atoms with Gasteiger partial charge in [-0.1, -0.05) is 6.07 Å². The van der Waals surface area contributed by atoms with Crippen molar-refractivity contribution in [2.24, 2.45) is 5.92 Å². The molecule has 0 saturated carbocycles. The average molecular weight is 338 g/mol. The maximum atomic E-state index is 5.96. The number of aromatic nitrogens is 3. The van der Waals surface area contributed by atoms with Gasteiger partial charge in [0.25, 0.3) is 0 Å². The van der Waals surface area contributed by atoms with Gasteiger partial charge >= 0.3 is 0 Å². The molecule has 1 atom stereocenters. The second-order valence-electron chi connectivity index (χ2n) is 6.55. The Morgan fingerprint density at radius 1 is 1.16 bits per heavy atom. The van der Waals surface area contributed by atoms with Crippen molar-refractivity contribution in [1.29, 1.82) is 0 Å². The number of ether oxygens (including phenoxy) is 1. The molecule has 6 nitrogen and oxygen atoms in total. The molecular weight excluding hydrogens is 316 g/mol. The molecule has 4 heterocycles. The van der Waals surface area contributed by atoms with Gasteiger partial charge in [0.2, 0.25) is 0 Å². The molecule has 0 unspecified atom stereocenters. The summed E-state index contributed by atoms with van der Waals surface area (Å²) in [4.78, 5) is 6.56. The topological polar surface area (TPSA) is 56.3 Å². The Balaban J connectivity index is 1.40. The van der Waals surface area contributed by atoms with Crippen LogP contribution < -0.4 is 0 Å². The van der Waals surface area contributed by atoms with E-state index in [1.807, 2.05) is 36.9 Å². The fourth-order valence-electron chi connectivity index (χ4n) is 3.31. The molecule has 0 N–H and O–H groups in total. The molecule has 0 aromatic carbocycles. The van der Waals surface area contributed by atoms with Crippen LogP contribution in [0.1, 0.15) is 16.8 Å². The van der Waals surface area contributed by atoms with Crippen LogP contribution in [0.15, 0.2) is 59.8 Å². The van der Waals surface area contributed by atoms with Crippen molar-refractivity contribution < 1.29 is 9.15 Å². The van der Waals surface area contributed by atoms with Gasteiger partial charge in [-0.3, -0.25) is 14.6 Å². The summed E-state index contributed by atoms with van der Waals surface area (Å²) in [6.07, 6.45) is 9.05. The molecule has 3 aromatic heterocycles. The van der Waals surface area contributed by atoms with Crippen LogP contribution >= 0.6 is 0 Å². The summed E-state index contributed by atoms with van der Waals surface area (Å²) in [5.74, 6) is 0.393. The van der Waals surface area contributed by atoms with Crippen molar-refractivity contribution in [2.45, 2.75) is 26.2 Å². The lowest BCUT2D eigenvalue weighted by atomic mass is 10.1. The molecule has 130 valence electrons. The third kappa shape index (κ3) is 4.15. The molecule has 1 aliphatic rings. The zero-order valence-corrected chi connectivity index (χ0v) is 14.1. The molecule has 0 saturated heterocycles. The summed E-state index contributed by atoms with van der Waals surface area (Å²) in [6, 6.07) is 8.10. The fraction of sp³-hybridized carbons (Fsp3) is 0.368. The van der Waals surface area contributed by atoms with Gasteiger partial charge in [-0.15, -0.1) is 0 Å². The fourth-order valence-corrected chi connectivity index (χ4v) is 3.31. The van der Waals surface area contributed by atoms with Crippen molar-refractivity contribution in [3.63, 3.8) is 0 Å². The number of pyridine rings is 1. The van der Waals surface area contributed by atoms with Crippen LogP contribution in [0, 0.1) is 5.92 Å². The molecule has 1 aliphatic heterocycles. The SMILES string of the molecule is c1cncc(COC[C@@H]2CN(Cc3ccoc3)Cc3ccnn3C2)c1. The first kappa shape index (κ1) is 16.1. The Kier molecular flexibility index (Phi) is 4.90. The molecule has 3 aromatic rings. The second-order valence-corrected chi connectivity index (χ2v) is 6.55. The van der Waals surface area contributed by atoms with Crippen molar-refractivity contribution in [1.82, 2.24) is 19.7 Å². The number of nitrogens with zero attached hydrogens (tertiary/aromatic N) is 4. The molecular formula is C19H22N4O2. The van der Waals surface area contributed by atoms with E-state index in [1.165, 1.54) is 11.3 Å². The summed E-state index contributed by atoms with van der Waals surface area (Å²) in [5.41, 5.74) is 3.55. The van der Waals surface area contributed by atoms with Crippen molar-refractivity contribution >= 4 is 0 Å². The summed E-state index contributed by atoms with van der Waals surface area (Å²) < 4.78 is 13.3. The van der Waals surface area contributed by atoms with E-state index in [0.717, 1.165) is 31.7 Å². The Hall–Kier alpha value is -2.44. The Morgan fingerprint density at radius 3 is 3.00 bits per heavy atom. The van der Waals surface area contributed by atoms with Crippen molar-refractivity contribution in [3.8, 4) is 0 Å². The standard InChI is InChI=1S/C19H22N4O2/c1-2-16(8-20-5-1)13-25-15-18-10-22(9-17-4-7-24-14-17)12-19-3-6-21-23(19)11-18/h1-8,14,18H,9-13,15H2/t18-/m1/s1. The van der Waals surface area contributed by atoms with Gasteiger partial charge in [0.15, 0.2) is 0 Å². The highest BCUT2D eigenvalue weighted by Crippen LogP contribution is 2.19. The van der Waals surface area contributed by atoms with Crippen LogP contribution in [-0.2, 0) is 31.0 Å². The lowest BCUT2D eigenvalue weighted by Gasteiger charge is -2.23. The van der Waals surface area contributed by atoms with E-state index >= 15 is 0 Å². The van der Waals surface area contributed by atoms with E-state index in [9.17, 15) is 0 Å². The lowest BCUT2D eigenvalue weighted by Crippen LogP contribution is -2.30. The van der Waals surface area contributed by atoms with E-state index in [1.54, 1.807) is 12.5 Å². The third-order valence-corrected chi connectivity index (χ3v) is 4.47. The second kappa shape index (κ2) is 7.63. The lowest BCUT2D eigenvalue weighted by molar-refractivity contribution is 0.0655. The zero-order valence-electron chi connectivity index (χ0n) is 14.1. The first-order valence-corrected chi connectivity index (χ1v) is 8.57. The van der Waals surface area contributed by atoms with Crippen LogP contribution in [0.5, 0.6) is 0 Å². The normalized spacial score (nSPS) is 18.0. The Morgan fingerprint density at radius 2 is 2.16 bits per heavy atom. The first-order valence-electron chi connectivity index (χ1n) is 8.57. The molecule has 25 heavy (non-hydrogen) atoms. The molecule has 0 aliphatic carbocycles. The predicted molar refractivity (Wildman–Crippen MR) is 92.4 cm³/mol. The van der Waals surface area contributed by atoms with Crippen LogP contribution in [0.2, 0.25) is 0 Å². The average Bonchev–Trinajstić information content (AvgIpc) is 3.25. The van der Waals surface area contributed by atoms with E-state index in [2.05, 4.69) is 25.7 Å². The monoisotopic (exact) mass is 338 g/mol. The molecule has 0 bridgehead atoms. The van der Waals surface area contributed by atoms with Gasteiger partial charge < -0.3 is 9.15 Å². The zero-order chi connectivity index (χ0) is 16.9. The number of fused-ring (bicyclic) bond motifs is 1. The van der Waals surface area contributed by atoms with Crippen molar-refractivity contribution in [3.05, 3.63) is 72.2 Å². The highest BCUT2D eigenvalue weighted by atomic mass is 16.5. The molecule has 4 rings (SSSR count). The van der Waals surface area contributed by atoms with Gasteiger partial charge in [-0.2, -0.15) is 5.10 Å². The van der Waals surface area contributed by atoms with E-state index < -0.39 is 0 Å². The molecule has 0 fully saturated rings. The van der Waals surface area contributed by atoms with Gasteiger partial charge in [0.05, 0.1) is 31.4 Å². The van der Waals surface area contributed by atoms with Crippen LogP contribution in [0.4, 0.5) is 0 Å². The summed E-state index contributed by atoms with van der Waals surface area (Å²) >= 11 is 0. The summed E-state index contributed by atoms with van der Waals surface area (Å²) in [6.45, 7) is 4.93. The Bertz CT molecular complexity index is 770. The van der Waals surface area contributed by atoms with E-state index in [4.69, 9.17) is 9.15 Å². The number of furan rings is 1. The summed E-state index contributed by atoms with van der Waals surface area (Å²) in [7, 11) is 0. The highest BCUT2D eigenvalue weighted by molar-refractivity contribution is 5.08. The maximum Gasteiger partial charge on any atom is 0.0947 e. The smallest absolute Gasteiger partial charge is 0.0947 e. The maximum absolute atomic E-state index is 5.96. The van der Waals surface area contributed by atoms with Gasteiger partial charge in [0, 0.05) is 56.3 Å². The Labute approximate surface area is 147 Å². The van der Waals surface area contributed by atoms with Crippen LogP contribution in [-0.4, -0.2) is 32.8 Å². The third-order valence-electron chi connectivity index (χ3n) is 4.47. The van der Waals surface area contributed by atoms with E-state index in [-0.39, 0.29) is 0 Å². The minimum atomic E-state index is 0.393. The van der Waals surface area contributed by atoms with Crippen LogP contribution in [0.25, 0.3) is 0 Å². The highest BCUT2D eigenvalue weighted by Gasteiger charge is 2.22. The van der Waals surface area contributed by atoms with Gasteiger partial charge in [-0.25, -0.2) is 0 Å². The predicted octanol–water partition coefficient (Wildman–Crippen LogP) is 2.72. The molecule has 6 heteroatoms. The van der Waals surface area contributed by atoms with Gasteiger partial charge in [0.1, 0.15) is 0 Å². The largest absolute Gasteiger partial charge is 0.472 e.